The molecule has 2 rings (SSSR count). The number of fused-ring (bicyclic) bond motifs is 1. The minimum Gasteiger partial charge on any atom is -0.439 e. The molecule has 0 saturated heterocycles. The predicted molar refractivity (Wildman–Crippen MR) is 66.9 cm³/mol. The van der Waals surface area contributed by atoms with E-state index in [4.69, 9.17) is 9.52 Å². The second-order valence-electron chi connectivity index (χ2n) is 4.05. The van der Waals surface area contributed by atoms with Gasteiger partial charge in [-0.1, -0.05) is 12.1 Å². The average Bonchev–Trinajstić information content (AvgIpc) is 2.78. The molecule has 3 nitrogen and oxygen atoms in total. The molecule has 19 heavy (non-hydrogen) atoms. The number of aliphatic hydroxyl groups is 1. The highest BCUT2D eigenvalue weighted by atomic mass is 32.2. The van der Waals surface area contributed by atoms with Crippen molar-refractivity contribution in [1.82, 2.24) is 4.98 Å². The Kier molecular flexibility index (Phi) is 4.05. The third kappa shape index (κ3) is 3.42. The summed E-state index contributed by atoms with van der Waals surface area (Å²) in [5, 5.41) is 8.57. The molecular weight excluding hydrogens is 279 g/mol. The summed E-state index contributed by atoms with van der Waals surface area (Å²) in [5.41, 5.74) is 1.27. The van der Waals surface area contributed by atoms with Crippen LogP contribution in [-0.4, -0.2) is 28.1 Å². The fraction of sp³-hybridized carbons (Fsp3) is 0.417. The SMILES string of the molecule is CC(SCC(O)C(F)(F)F)c1nc2ccccc2o1. The molecule has 7 heteroatoms. The van der Waals surface area contributed by atoms with E-state index in [0.717, 1.165) is 11.8 Å². The van der Waals surface area contributed by atoms with Gasteiger partial charge in [0.1, 0.15) is 5.52 Å². The quantitative estimate of drug-likeness (QED) is 0.936. The minimum absolute atomic E-state index is 0.357. The summed E-state index contributed by atoms with van der Waals surface area (Å²) in [6, 6.07) is 7.11. The van der Waals surface area contributed by atoms with Gasteiger partial charge >= 0.3 is 6.18 Å². The van der Waals surface area contributed by atoms with Crippen LogP contribution in [-0.2, 0) is 0 Å². The van der Waals surface area contributed by atoms with Crippen molar-refractivity contribution in [1.29, 1.82) is 0 Å². The Balaban J connectivity index is 2.02. The molecule has 0 bridgehead atoms. The number of alkyl halides is 3. The molecular formula is C12H12F3NO2S. The molecule has 0 amide bonds. The Hall–Kier alpha value is -1.21. The summed E-state index contributed by atoms with van der Waals surface area (Å²) >= 11 is 0.953. The van der Waals surface area contributed by atoms with E-state index in [9.17, 15) is 13.2 Å². The minimum atomic E-state index is -4.59. The first kappa shape index (κ1) is 14.2. The maximum atomic E-state index is 12.2. The molecule has 1 aromatic carbocycles. The van der Waals surface area contributed by atoms with Crippen molar-refractivity contribution < 1.29 is 22.7 Å². The van der Waals surface area contributed by atoms with Crippen molar-refractivity contribution in [3.63, 3.8) is 0 Å². The Morgan fingerprint density at radius 2 is 2.05 bits per heavy atom. The van der Waals surface area contributed by atoms with E-state index in [1.54, 1.807) is 31.2 Å². The van der Waals surface area contributed by atoms with E-state index in [1.165, 1.54) is 0 Å². The van der Waals surface area contributed by atoms with Gasteiger partial charge in [0.05, 0.1) is 5.25 Å². The molecule has 1 N–H and O–H groups in total. The molecule has 0 radical (unpaired) electrons. The Morgan fingerprint density at radius 1 is 1.37 bits per heavy atom. The van der Waals surface area contributed by atoms with E-state index in [0.29, 0.717) is 17.0 Å². The van der Waals surface area contributed by atoms with Crippen LogP contribution in [0.3, 0.4) is 0 Å². The van der Waals surface area contributed by atoms with Crippen LogP contribution < -0.4 is 0 Å². The molecule has 0 fully saturated rings. The lowest BCUT2D eigenvalue weighted by atomic mass is 10.3. The first-order valence-corrected chi connectivity index (χ1v) is 6.64. The van der Waals surface area contributed by atoms with E-state index < -0.39 is 18.0 Å². The zero-order chi connectivity index (χ0) is 14.0. The number of halogens is 3. The lowest BCUT2D eigenvalue weighted by molar-refractivity contribution is -0.195. The number of aliphatic hydroxyl groups excluding tert-OH is 1. The van der Waals surface area contributed by atoms with Gasteiger partial charge in [-0.3, -0.25) is 0 Å². The van der Waals surface area contributed by atoms with Crippen LogP contribution in [0.25, 0.3) is 11.1 Å². The molecule has 0 aliphatic heterocycles. The fourth-order valence-corrected chi connectivity index (χ4v) is 2.37. The summed E-state index contributed by atoms with van der Waals surface area (Å²) in [6.45, 7) is 1.69. The molecule has 1 heterocycles. The van der Waals surface area contributed by atoms with Gasteiger partial charge in [-0.15, -0.1) is 11.8 Å². The number of para-hydroxylation sites is 2. The first-order valence-electron chi connectivity index (χ1n) is 5.60. The summed E-state index contributed by atoms with van der Waals surface area (Å²) in [4.78, 5) is 4.20. The van der Waals surface area contributed by atoms with Crippen molar-refractivity contribution in [2.24, 2.45) is 0 Å². The summed E-state index contributed by atoms with van der Waals surface area (Å²) < 4.78 is 42.0. The van der Waals surface area contributed by atoms with Gasteiger partial charge in [-0.2, -0.15) is 13.2 Å². The Morgan fingerprint density at radius 3 is 2.68 bits per heavy atom. The third-order valence-corrected chi connectivity index (χ3v) is 3.75. The number of benzene rings is 1. The topological polar surface area (TPSA) is 46.3 Å². The molecule has 2 aromatic rings. The highest BCUT2D eigenvalue weighted by Crippen LogP contribution is 2.32. The molecule has 104 valence electrons. The fourth-order valence-electron chi connectivity index (χ4n) is 1.47. The van der Waals surface area contributed by atoms with Crippen LogP contribution >= 0.6 is 11.8 Å². The largest absolute Gasteiger partial charge is 0.439 e. The van der Waals surface area contributed by atoms with Crippen LogP contribution in [0, 0.1) is 0 Å². The number of hydrogen-bond donors (Lipinski definition) is 1. The number of oxazole rings is 1. The zero-order valence-corrected chi connectivity index (χ0v) is 10.8. The normalized spacial score (nSPS) is 15.6. The molecule has 0 aliphatic carbocycles. The maximum absolute atomic E-state index is 12.2. The van der Waals surface area contributed by atoms with Gasteiger partial charge < -0.3 is 9.52 Å². The summed E-state index contributed by atoms with van der Waals surface area (Å²) in [7, 11) is 0. The van der Waals surface area contributed by atoms with E-state index in [1.807, 2.05) is 0 Å². The Labute approximate surface area is 111 Å². The van der Waals surface area contributed by atoms with E-state index >= 15 is 0 Å². The van der Waals surface area contributed by atoms with Crippen LogP contribution in [0.4, 0.5) is 13.2 Å². The maximum Gasteiger partial charge on any atom is 0.415 e. The smallest absolute Gasteiger partial charge is 0.415 e. The van der Waals surface area contributed by atoms with Crippen molar-refractivity contribution in [2.75, 3.05) is 5.75 Å². The van der Waals surface area contributed by atoms with Crippen molar-refractivity contribution in [3.8, 4) is 0 Å². The first-order chi connectivity index (χ1) is 8.88. The molecule has 2 atom stereocenters. The zero-order valence-electron chi connectivity index (χ0n) is 10.0. The molecule has 0 saturated carbocycles. The van der Waals surface area contributed by atoms with Crippen LogP contribution in [0.15, 0.2) is 28.7 Å². The Bertz CT molecular complexity index is 522. The molecule has 2 unspecified atom stereocenters. The number of aromatic nitrogens is 1. The van der Waals surface area contributed by atoms with E-state index in [-0.39, 0.29) is 5.25 Å². The second-order valence-corrected chi connectivity index (χ2v) is 5.43. The number of rotatable bonds is 4. The third-order valence-electron chi connectivity index (χ3n) is 2.54. The number of thioether (sulfide) groups is 1. The lowest BCUT2D eigenvalue weighted by Gasteiger charge is -2.15. The van der Waals surface area contributed by atoms with Gasteiger partial charge in [0, 0.05) is 5.75 Å². The number of hydrogen-bond acceptors (Lipinski definition) is 4. The van der Waals surface area contributed by atoms with Gasteiger partial charge in [0.15, 0.2) is 11.7 Å². The van der Waals surface area contributed by atoms with Crippen molar-refractivity contribution in [3.05, 3.63) is 30.2 Å². The average molecular weight is 291 g/mol. The van der Waals surface area contributed by atoms with Gasteiger partial charge in [-0.05, 0) is 19.1 Å². The van der Waals surface area contributed by atoms with Crippen LogP contribution in [0.1, 0.15) is 18.1 Å². The lowest BCUT2D eigenvalue weighted by Crippen LogP contribution is -2.30. The summed E-state index contributed by atoms with van der Waals surface area (Å²) in [5.74, 6) is -0.0794. The molecule has 0 spiro atoms. The number of nitrogens with zero attached hydrogens (tertiary/aromatic N) is 1. The highest BCUT2D eigenvalue weighted by molar-refractivity contribution is 7.99. The summed E-state index contributed by atoms with van der Waals surface area (Å²) in [6.07, 6.45) is -6.92. The second kappa shape index (κ2) is 5.42. The van der Waals surface area contributed by atoms with Crippen molar-refractivity contribution >= 4 is 22.9 Å². The van der Waals surface area contributed by atoms with Gasteiger partial charge in [0.2, 0.25) is 5.89 Å². The highest BCUT2D eigenvalue weighted by Gasteiger charge is 2.38. The van der Waals surface area contributed by atoms with E-state index in [2.05, 4.69) is 4.98 Å². The van der Waals surface area contributed by atoms with Gasteiger partial charge in [-0.25, -0.2) is 4.98 Å². The molecule has 0 aliphatic rings. The standard InChI is InChI=1S/C12H12F3NO2S/c1-7(19-6-10(17)12(13,14)15)11-16-8-4-2-3-5-9(8)18-11/h2-5,7,10,17H,6H2,1H3. The van der Waals surface area contributed by atoms with Crippen molar-refractivity contribution in [2.45, 2.75) is 24.5 Å². The monoisotopic (exact) mass is 291 g/mol. The van der Waals surface area contributed by atoms with Gasteiger partial charge in [0.25, 0.3) is 0 Å². The van der Waals surface area contributed by atoms with Crippen LogP contribution in [0.2, 0.25) is 0 Å². The van der Waals surface area contributed by atoms with Crippen LogP contribution in [0.5, 0.6) is 0 Å². The molecule has 1 aromatic heterocycles. The predicted octanol–water partition coefficient (Wildman–Crippen LogP) is 3.55.